The van der Waals surface area contributed by atoms with Gasteiger partial charge in [-0.25, -0.2) is 14.6 Å². The highest BCUT2D eigenvalue weighted by molar-refractivity contribution is 6.31. The highest BCUT2D eigenvalue weighted by Gasteiger charge is 2.16. The maximum absolute atomic E-state index is 11.0. The number of rotatable bonds is 5. The van der Waals surface area contributed by atoms with Gasteiger partial charge in [0, 0.05) is 24.2 Å². The second kappa shape index (κ2) is 11.9. The summed E-state index contributed by atoms with van der Waals surface area (Å²) in [5.41, 5.74) is 12.1. The predicted octanol–water partition coefficient (Wildman–Crippen LogP) is 1.78. The molecule has 12 heteroatoms. The summed E-state index contributed by atoms with van der Waals surface area (Å²) in [6, 6.07) is 2.11. The number of hydrogen-bond acceptors (Lipinski definition) is 7. The van der Waals surface area contributed by atoms with Crippen LogP contribution in [0.3, 0.4) is 0 Å². The molecule has 4 amide bonds. The number of nitrogens with two attached hydrogens (primary N) is 2. The Hall–Kier alpha value is -3.15. The van der Waals surface area contributed by atoms with Crippen LogP contribution >= 0.6 is 11.6 Å². The zero-order valence-electron chi connectivity index (χ0n) is 17.3. The highest BCUT2D eigenvalue weighted by atomic mass is 35.5. The van der Waals surface area contributed by atoms with E-state index in [1.807, 2.05) is 6.92 Å². The number of ether oxygens (including phenoxy) is 2. The molecule has 1 aromatic heterocycles. The van der Waals surface area contributed by atoms with Crippen LogP contribution in [0.1, 0.15) is 11.3 Å². The molecular formula is C19H26ClN7O4. The Balaban J connectivity index is 0.000000262. The number of carbonyl (C=O) groups is 2. The Labute approximate surface area is 184 Å². The predicted molar refractivity (Wildman–Crippen MR) is 117 cm³/mol. The fourth-order valence-electron chi connectivity index (χ4n) is 2.51. The lowest BCUT2D eigenvalue weighted by Gasteiger charge is -2.24. The number of anilines is 2. The van der Waals surface area contributed by atoms with Gasteiger partial charge in [-0.2, -0.15) is 0 Å². The Bertz CT molecular complexity index is 890. The highest BCUT2D eigenvalue weighted by Crippen LogP contribution is 2.31. The molecule has 0 spiro atoms. The first kappa shape index (κ1) is 24.1. The van der Waals surface area contributed by atoms with Gasteiger partial charge in [0.15, 0.2) is 5.82 Å². The molecule has 168 valence electrons. The van der Waals surface area contributed by atoms with Crippen molar-refractivity contribution in [1.82, 2.24) is 15.3 Å². The summed E-state index contributed by atoms with van der Waals surface area (Å²) in [7, 11) is 0. The third-order valence-corrected chi connectivity index (χ3v) is 4.39. The van der Waals surface area contributed by atoms with Crippen LogP contribution in [-0.2, 0) is 4.74 Å². The largest absolute Gasteiger partial charge is 0.489 e. The molecule has 11 nitrogen and oxygen atoms in total. The fourth-order valence-corrected chi connectivity index (χ4v) is 2.66. The number of aryl methyl sites for hydroxylation is 2. The normalized spacial score (nSPS) is 15.3. The minimum Gasteiger partial charge on any atom is -0.489 e. The molecule has 3 rings (SSSR count). The number of benzene rings is 1. The van der Waals surface area contributed by atoms with E-state index in [2.05, 4.69) is 25.9 Å². The topological polar surface area (TPSA) is 167 Å². The molecule has 1 unspecified atom stereocenters. The number of amides is 4. The number of carbonyl (C=O) groups excluding carboxylic acids is 2. The number of morpholine rings is 1. The monoisotopic (exact) mass is 451 g/mol. The van der Waals surface area contributed by atoms with E-state index in [4.69, 9.17) is 32.5 Å². The molecule has 0 bridgehead atoms. The van der Waals surface area contributed by atoms with Crippen molar-refractivity contribution in [2.24, 2.45) is 11.5 Å². The van der Waals surface area contributed by atoms with Gasteiger partial charge in [0.1, 0.15) is 18.5 Å². The van der Waals surface area contributed by atoms with Crippen LogP contribution in [0.2, 0.25) is 5.02 Å². The first-order chi connectivity index (χ1) is 14.7. The second-order valence-electron chi connectivity index (χ2n) is 6.63. The molecule has 31 heavy (non-hydrogen) atoms. The zero-order chi connectivity index (χ0) is 22.8. The van der Waals surface area contributed by atoms with E-state index in [1.165, 1.54) is 6.20 Å². The zero-order valence-corrected chi connectivity index (χ0v) is 18.0. The van der Waals surface area contributed by atoms with Crippen molar-refractivity contribution in [2.75, 3.05) is 36.9 Å². The van der Waals surface area contributed by atoms with Gasteiger partial charge >= 0.3 is 12.1 Å². The number of nitrogens with zero attached hydrogens (tertiary/aromatic N) is 2. The third kappa shape index (κ3) is 8.62. The summed E-state index contributed by atoms with van der Waals surface area (Å²) in [6.45, 7) is 6.27. The van der Waals surface area contributed by atoms with Gasteiger partial charge in [0.2, 0.25) is 0 Å². The van der Waals surface area contributed by atoms with Gasteiger partial charge in [-0.3, -0.25) is 10.3 Å². The number of aromatic nitrogens is 2. The summed E-state index contributed by atoms with van der Waals surface area (Å²) in [6.07, 6.45) is 2.97. The van der Waals surface area contributed by atoms with E-state index < -0.39 is 12.1 Å². The van der Waals surface area contributed by atoms with E-state index in [-0.39, 0.29) is 6.10 Å². The van der Waals surface area contributed by atoms with Gasteiger partial charge < -0.3 is 31.6 Å². The number of nitrogens with one attached hydrogen (secondary N) is 3. The van der Waals surface area contributed by atoms with Crippen molar-refractivity contribution >= 4 is 35.2 Å². The molecule has 7 N–H and O–H groups in total. The fraction of sp³-hybridized carbons (Fsp3) is 0.368. The molecule has 1 atom stereocenters. The van der Waals surface area contributed by atoms with Crippen LogP contribution in [0, 0.1) is 13.8 Å². The van der Waals surface area contributed by atoms with Crippen LogP contribution in [0.25, 0.3) is 0 Å². The van der Waals surface area contributed by atoms with E-state index in [0.29, 0.717) is 35.5 Å². The second-order valence-corrected chi connectivity index (χ2v) is 7.03. The molecule has 1 saturated heterocycles. The molecule has 0 radical (unpaired) electrons. The van der Waals surface area contributed by atoms with Gasteiger partial charge in [-0.15, -0.1) is 0 Å². The lowest BCUT2D eigenvalue weighted by Crippen LogP contribution is -2.41. The smallest absolute Gasteiger partial charge is 0.317 e. The van der Waals surface area contributed by atoms with E-state index >= 15 is 0 Å². The molecular weight excluding hydrogens is 426 g/mol. The Kier molecular flexibility index (Phi) is 9.25. The molecule has 0 aliphatic carbocycles. The van der Waals surface area contributed by atoms with E-state index in [9.17, 15) is 9.59 Å². The molecule has 2 heterocycles. The molecule has 2 aromatic rings. The van der Waals surface area contributed by atoms with Gasteiger partial charge in [-0.05, 0) is 25.5 Å². The lowest BCUT2D eigenvalue weighted by molar-refractivity contribution is 0.000350. The quantitative estimate of drug-likeness (QED) is 0.461. The first-order valence-electron chi connectivity index (χ1n) is 9.41. The third-order valence-electron chi connectivity index (χ3n) is 3.98. The Morgan fingerprint density at radius 1 is 1.23 bits per heavy atom. The minimum absolute atomic E-state index is 0.0229. The van der Waals surface area contributed by atoms with Gasteiger partial charge in [0.25, 0.3) is 0 Å². The van der Waals surface area contributed by atoms with Crippen molar-refractivity contribution in [3.05, 3.63) is 40.8 Å². The van der Waals surface area contributed by atoms with Crippen LogP contribution in [0.5, 0.6) is 5.75 Å². The number of hydrogen-bond donors (Lipinski definition) is 5. The molecule has 1 aliphatic heterocycles. The average molecular weight is 452 g/mol. The van der Waals surface area contributed by atoms with Crippen LogP contribution < -0.4 is 32.2 Å². The van der Waals surface area contributed by atoms with Crippen molar-refractivity contribution in [3.63, 3.8) is 0 Å². The molecule has 1 fully saturated rings. The average Bonchev–Trinajstić information content (AvgIpc) is 2.72. The van der Waals surface area contributed by atoms with Crippen LogP contribution in [-0.4, -0.2) is 54.4 Å². The number of primary amides is 2. The summed E-state index contributed by atoms with van der Waals surface area (Å²) in [5.74, 6) is 0.844. The van der Waals surface area contributed by atoms with Gasteiger partial charge in [0.05, 0.1) is 30.4 Å². The van der Waals surface area contributed by atoms with Crippen molar-refractivity contribution in [2.45, 2.75) is 20.0 Å². The molecule has 1 aliphatic rings. The van der Waals surface area contributed by atoms with Crippen LogP contribution in [0.4, 0.5) is 21.1 Å². The summed E-state index contributed by atoms with van der Waals surface area (Å²) >= 11 is 6.08. The van der Waals surface area contributed by atoms with E-state index in [0.717, 1.165) is 24.3 Å². The maximum Gasteiger partial charge on any atom is 0.317 e. The summed E-state index contributed by atoms with van der Waals surface area (Å²) in [5, 5.41) is 8.61. The lowest BCUT2D eigenvalue weighted by atomic mass is 10.2. The van der Waals surface area contributed by atoms with Crippen molar-refractivity contribution in [1.29, 1.82) is 0 Å². The maximum atomic E-state index is 11.0. The Morgan fingerprint density at radius 2 is 1.97 bits per heavy atom. The first-order valence-corrected chi connectivity index (χ1v) is 9.79. The summed E-state index contributed by atoms with van der Waals surface area (Å²) in [4.78, 5) is 29.1. The van der Waals surface area contributed by atoms with Crippen LogP contribution in [0.15, 0.2) is 24.5 Å². The molecule has 1 aromatic carbocycles. The van der Waals surface area contributed by atoms with E-state index in [1.54, 1.807) is 25.3 Å². The number of urea groups is 2. The SMILES string of the molecule is Cc1cc(NC(N)=O)c(OCC2CNCCO2)cc1Cl.Cc1cnc(NC(N)=O)cn1. The summed E-state index contributed by atoms with van der Waals surface area (Å²) < 4.78 is 11.2. The minimum atomic E-state index is -0.646. The van der Waals surface area contributed by atoms with Crippen molar-refractivity contribution < 1.29 is 19.1 Å². The van der Waals surface area contributed by atoms with Gasteiger partial charge in [-0.1, -0.05) is 11.6 Å². The number of halogens is 1. The standard InChI is InChI=1S/C13H18ClN3O3.C6H8N4O/c1-8-4-11(17-13(15)18)12(5-10(8)14)20-7-9-6-16-2-3-19-9;1-4-2-9-5(3-8-4)10-6(7)11/h4-5,9,16H,2-3,6-7H2,1H3,(H3,15,17,18);2-3H,1H3,(H3,7,9,10,11). The molecule has 0 saturated carbocycles. The Morgan fingerprint density at radius 3 is 2.55 bits per heavy atom. The van der Waals surface area contributed by atoms with Crippen molar-refractivity contribution in [3.8, 4) is 5.75 Å².